The molecule has 2 rings (SSSR count). The van der Waals surface area contributed by atoms with Gasteiger partial charge in [0.1, 0.15) is 11.1 Å². The van der Waals surface area contributed by atoms with Gasteiger partial charge in [-0.3, -0.25) is 4.79 Å². The minimum Gasteiger partial charge on any atom is -0.366 e. The van der Waals surface area contributed by atoms with E-state index >= 15 is 0 Å². The Bertz CT molecular complexity index is 625. The van der Waals surface area contributed by atoms with Gasteiger partial charge in [-0.2, -0.15) is 5.10 Å². The Morgan fingerprint density at radius 3 is 2.48 bits per heavy atom. The van der Waals surface area contributed by atoms with Gasteiger partial charge in [0, 0.05) is 25.3 Å². The Morgan fingerprint density at radius 1 is 1.30 bits per heavy atom. The number of likely N-dealkylation sites (tertiary alicyclic amines) is 1. The van der Waals surface area contributed by atoms with Gasteiger partial charge in [-0.15, -0.1) is 5.10 Å². The smallest absolute Gasteiger partial charge is 0.240 e. The number of carbonyl (C=O) groups is 1. The monoisotopic (exact) mass is 340 g/mol. The lowest BCUT2D eigenvalue weighted by molar-refractivity contribution is -0.131. The molecule has 7 nitrogen and oxygen atoms in total. The topological polar surface area (TPSA) is 92.3 Å². The van der Waals surface area contributed by atoms with E-state index in [1.807, 2.05) is 12.1 Å². The van der Waals surface area contributed by atoms with Crippen LogP contribution in [0.3, 0.4) is 0 Å². The maximum absolute atomic E-state index is 12.4. The number of nitrogens with zero attached hydrogens (tertiary/aromatic N) is 3. The largest absolute Gasteiger partial charge is 0.366 e. The lowest BCUT2D eigenvalue weighted by atomic mass is 10.0. The fourth-order valence-electron chi connectivity index (χ4n) is 2.64. The Morgan fingerprint density at radius 2 is 1.96 bits per heavy atom. The van der Waals surface area contributed by atoms with E-state index in [9.17, 15) is 13.2 Å². The second-order valence-corrected chi connectivity index (χ2v) is 8.96. The Hall–Kier alpha value is -1.70. The summed E-state index contributed by atoms with van der Waals surface area (Å²) in [6, 6.07) is 3.88. The van der Waals surface area contributed by atoms with Crippen LogP contribution in [0, 0.1) is 0 Å². The Balaban J connectivity index is 1.90. The van der Waals surface area contributed by atoms with Crippen LogP contribution >= 0.6 is 0 Å². The molecule has 0 unspecified atom stereocenters. The van der Waals surface area contributed by atoms with Crippen LogP contribution < -0.4 is 5.32 Å². The second-order valence-electron chi connectivity index (χ2n) is 6.13. The number of aromatic nitrogens is 2. The average Bonchev–Trinajstić information content (AvgIpc) is 2.55. The highest BCUT2D eigenvalue weighted by molar-refractivity contribution is 7.93. The van der Waals surface area contributed by atoms with Crippen molar-refractivity contribution in [3.8, 4) is 0 Å². The number of anilines is 1. The van der Waals surface area contributed by atoms with E-state index in [-0.39, 0.29) is 11.9 Å². The third-order valence-corrected chi connectivity index (χ3v) is 6.73. The molecule has 1 fully saturated rings. The van der Waals surface area contributed by atoms with E-state index in [0.29, 0.717) is 18.9 Å². The summed E-state index contributed by atoms with van der Waals surface area (Å²) in [5.41, 5.74) is 0. The van der Waals surface area contributed by atoms with Crippen molar-refractivity contribution >= 4 is 21.6 Å². The van der Waals surface area contributed by atoms with E-state index in [4.69, 9.17) is 0 Å². The fraction of sp³-hybridized carbons (Fsp3) is 0.667. The molecule has 8 heteroatoms. The highest BCUT2D eigenvalue weighted by Gasteiger charge is 2.35. The zero-order valence-corrected chi connectivity index (χ0v) is 14.6. The highest BCUT2D eigenvalue weighted by atomic mass is 32.2. The molecular weight excluding hydrogens is 316 g/mol. The van der Waals surface area contributed by atoms with Crippen LogP contribution in [0.2, 0.25) is 0 Å². The molecule has 0 radical (unpaired) electrons. The molecular formula is C15H24N4O3S. The number of amides is 1. The SMILES string of the molecule is CC(C)S(=O)(=O)[C@H](C)C(=O)N1CCC(Nc2cccnn2)CC1. The van der Waals surface area contributed by atoms with E-state index in [0.717, 1.165) is 12.8 Å². The Kier molecular flexibility index (Phi) is 5.56. The first-order valence-electron chi connectivity index (χ1n) is 7.88. The van der Waals surface area contributed by atoms with Crippen molar-refractivity contribution in [3.05, 3.63) is 18.3 Å². The summed E-state index contributed by atoms with van der Waals surface area (Å²) < 4.78 is 24.3. The summed E-state index contributed by atoms with van der Waals surface area (Å²) in [5.74, 6) is 0.421. The number of carbonyl (C=O) groups excluding carboxylic acids is 1. The molecule has 1 aliphatic heterocycles. The van der Waals surface area contributed by atoms with Gasteiger partial charge in [0.15, 0.2) is 9.84 Å². The minimum absolute atomic E-state index is 0.216. The van der Waals surface area contributed by atoms with Gasteiger partial charge in [-0.25, -0.2) is 8.42 Å². The molecule has 1 aromatic rings. The minimum atomic E-state index is -3.41. The molecule has 0 aliphatic carbocycles. The fourth-order valence-corrected chi connectivity index (χ4v) is 3.88. The van der Waals surface area contributed by atoms with Crippen molar-refractivity contribution in [2.24, 2.45) is 0 Å². The first kappa shape index (κ1) is 17.7. The molecule has 0 aromatic carbocycles. The highest BCUT2D eigenvalue weighted by Crippen LogP contribution is 2.18. The maximum Gasteiger partial charge on any atom is 0.240 e. The van der Waals surface area contributed by atoms with E-state index in [2.05, 4.69) is 15.5 Å². The average molecular weight is 340 g/mol. The van der Waals surface area contributed by atoms with Crippen molar-refractivity contribution in [2.45, 2.75) is 50.2 Å². The van der Waals surface area contributed by atoms with Crippen LogP contribution in [0.4, 0.5) is 5.82 Å². The predicted molar refractivity (Wildman–Crippen MR) is 88.8 cm³/mol. The summed E-state index contributed by atoms with van der Waals surface area (Å²) in [5, 5.41) is 9.57. The van der Waals surface area contributed by atoms with Gasteiger partial charge in [-0.05, 0) is 45.7 Å². The van der Waals surface area contributed by atoms with Crippen LogP contribution in [0.1, 0.15) is 33.6 Å². The lowest BCUT2D eigenvalue weighted by Gasteiger charge is -2.34. The van der Waals surface area contributed by atoms with E-state index < -0.39 is 20.3 Å². The summed E-state index contributed by atoms with van der Waals surface area (Å²) in [4.78, 5) is 14.1. The Labute approximate surface area is 137 Å². The van der Waals surface area contributed by atoms with Crippen molar-refractivity contribution < 1.29 is 13.2 Å². The van der Waals surface area contributed by atoms with E-state index in [1.165, 1.54) is 6.92 Å². The van der Waals surface area contributed by atoms with Crippen molar-refractivity contribution in [2.75, 3.05) is 18.4 Å². The normalized spacial score (nSPS) is 18.0. The van der Waals surface area contributed by atoms with Gasteiger partial charge < -0.3 is 10.2 Å². The second kappa shape index (κ2) is 7.25. The zero-order chi connectivity index (χ0) is 17.0. The molecule has 128 valence electrons. The number of hydrogen-bond acceptors (Lipinski definition) is 6. The molecule has 1 atom stereocenters. The number of nitrogens with one attached hydrogen (secondary N) is 1. The quantitative estimate of drug-likeness (QED) is 0.862. The molecule has 1 aromatic heterocycles. The van der Waals surface area contributed by atoms with Crippen LogP contribution in [0.15, 0.2) is 18.3 Å². The van der Waals surface area contributed by atoms with Gasteiger partial charge >= 0.3 is 0 Å². The number of piperidine rings is 1. The van der Waals surface area contributed by atoms with Gasteiger partial charge in [0.2, 0.25) is 5.91 Å². The molecule has 1 aliphatic rings. The molecule has 0 bridgehead atoms. The first-order valence-corrected chi connectivity index (χ1v) is 9.49. The third kappa shape index (κ3) is 4.19. The zero-order valence-electron chi connectivity index (χ0n) is 13.8. The molecule has 1 amide bonds. The molecule has 1 saturated heterocycles. The van der Waals surface area contributed by atoms with Crippen LogP contribution in [0.5, 0.6) is 0 Å². The summed E-state index contributed by atoms with van der Waals surface area (Å²) >= 11 is 0. The maximum atomic E-state index is 12.4. The van der Waals surface area contributed by atoms with Gasteiger partial charge in [0.05, 0.1) is 5.25 Å². The molecule has 23 heavy (non-hydrogen) atoms. The van der Waals surface area contributed by atoms with Crippen LogP contribution in [-0.2, 0) is 14.6 Å². The summed E-state index contributed by atoms with van der Waals surface area (Å²) in [6.45, 7) is 5.80. The molecule has 0 spiro atoms. The van der Waals surface area contributed by atoms with Crippen LogP contribution in [-0.4, -0.2) is 59.1 Å². The lowest BCUT2D eigenvalue weighted by Crippen LogP contribution is -2.48. The number of rotatable bonds is 5. The van der Waals surface area contributed by atoms with Gasteiger partial charge in [-0.1, -0.05) is 0 Å². The number of hydrogen-bond donors (Lipinski definition) is 1. The van der Waals surface area contributed by atoms with Crippen molar-refractivity contribution in [1.82, 2.24) is 15.1 Å². The summed E-state index contributed by atoms with van der Waals surface area (Å²) in [7, 11) is -3.41. The summed E-state index contributed by atoms with van der Waals surface area (Å²) in [6.07, 6.45) is 3.14. The number of sulfone groups is 1. The van der Waals surface area contributed by atoms with Crippen LogP contribution in [0.25, 0.3) is 0 Å². The molecule has 2 heterocycles. The standard InChI is InChI=1S/C15H24N4O3S/c1-11(2)23(21,22)12(3)15(20)19-9-6-13(7-10-19)17-14-5-4-8-16-18-14/h4-5,8,11-13H,6-7,9-10H2,1-3H3,(H,17,18)/t12-/m1/s1. The van der Waals surface area contributed by atoms with Gasteiger partial charge in [0.25, 0.3) is 0 Å². The predicted octanol–water partition coefficient (Wildman–Crippen LogP) is 1.09. The third-order valence-electron chi connectivity index (χ3n) is 4.23. The van der Waals surface area contributed by atoms with Crippen molar-refractivity contribution in [3.63, 3.8) is 0 Å². The van der Waals surface area contributed by atoms with Crippen molar-refractivity contribution in [1.29, 1.82) is 0 Å². The van der Waals surface area contributed by atoms with E-state index in [1.54, 1.807) is 24.9 Å². The molecule has 0 saturated carbocycles. The molecule has 1 N–H and O–H groups in total. The first-order chi connectivity index (χ1) is 10.8.